The molecule has 0 atom stereocenters. The molecular formula is C22H37N3O2. The first-order chi connectivity index (χ1) is 13.1. The molecule has 1 fully saturated rings. The molecule has 0 aliphatic heterocycles. The molecule has 152 valence electrons. The Morgan fingerprint density at radius 3 is 2.67 bits per heavy atom. The fourth-order valence-electron chi connectivity index (χ4n) is 3.98. The average Bonchev–Trinajstić information content (AvgIpc) is 3.14. The summed E-state index contributed by atoms with van der Waals surface area (Å²) in [4.78, 5) is 4.40. The van der Waals surface area contributed by atoms with Gasteiger partial charge in [0.2, 0.25) is 0 Å². The molecule has 1 aliphatic rings. The number of aryl methyl sites for hydroxylation is 1. The topological polar surface area (TPSA) is 54.9 Å². The fourth-order valence-corrected chi connectivity index (χ4v) is 3.98. The Labute approximate surface area is 164 Å². The van der Waals surface area contributed by atoms with E-state index in [2.05, 4.69) is 41.6 Å². The summed E-state index contributed by atoms with van der Waals surface area (Å²) in [7, 11) is 3.56. The molecule has 5 nitrogen and oxygen atoms in total. The zero-order valence-electron chi connectivity index (χ0n) is 17.6. The Kier molecular flexibility index (Phi) is 8.92. The fraction of sp³-hybridized carbons (Fsp3) is 0.682. The van der Waals surface area contributed by atoms with Crippen LogP contribution in [0.25, 0.3) is 0 Å². The van der Waals surface area contributed by atoms with Crippen LogP contribution >= 0.6 is 0 Å². The van der Waals surface area contributed by atoms with Gasteiger partial charge in [-0.1, -0.05) is 30.5 Å². The van der Waals surface area contributed by atoms with E-state index in [0.717, 1.165) is 50.9 Å². The molecule has 0 aromatic heterocycles. The van der Waals surface area contributed by atoms with Crippen molar-refractivity contribution in [1.29, 1.82) is 0 Å². The molecule has 2 N–H and O–H groups in total. The van der Waals surface area contributed by atoms with Crippen LogP contribution in [0.4, 0.5) is 0 Å². The Bertz CT molecular complexity index is 595. The average molecular weight is 376 g/mol. The van der Waals surface area contributed by atoms with E-state index in [-0.39, 0.29) is 0 Å². The summed E-state index contributed by atoms with van der Waals surface area (Å²) in [6.07, 6.45) is 7.25. The van der Waals surface area contributed by atoms with Gasteiger partial charge in [-0.3, -0.25) is 4.99 Å². The Morgan fingerprint density at radius 2 is 2.00 bits per heavy atom. The zero-order chi connectivity index (χ0) is 19.5. The largest absolute Gasteiger partial charge is 0.496 e. The van der Waals surface area contributed by atoms with Gasteiger partial charge in [0.05, 0.1) is 7.11 Å². The van der Waals surface area contributed by atoms with Crippen molar-refractivity contribution in [2.45, 2.75) is 52.4 Å². The van der Waals surface area contributed by atoms with E-state index in [1.54, 1.807) is 7.11 Å². The van der Waals surface area contributed by atoms with Gasteiger partial charge in [-0.15, -0.1) is 0 Å². The lowest BCUT2D eigenvalue weighted by molar-refractivity contribution is 0.105. The quantitative estimate of drug-likeness (QED) is 0.372. The third-order valence-electron chi connectivity index (χ3n) is 5.62. The lowest BCUT2D eigenvalue weighted by atomic mass is 9.83. The van der Waals surface area contributed by atoms with Crippen molar-refractivity contribution >= 4 is 5.96 Å². The first-order valence-electron chi connectivity index (χ1n) is 10.3. The van der Waals surface area contributed by atoms with Crippen LogP contribution in [0.15, 0.2) is 23.2 Å². The van der Waals surface area contributed by atoms with E-state index in [9.17, 15) is 0 Å². The minimum absolute atomic E-state index is 0.354. The summed E-state index contributed by atoms with van der Waals surface area (Å²) in [6.45, 7) is 7.63. The first kappa shape index (κ1) is 21.5. The summed E-state index contributed by atoms with van der Waals surface area (Å²) >= 11 is 0. The summed E-state index contributed by atoms with van der Waals surface area (Å²) in [5.74, 6) is 1.83. The number of hydrogen-bond donors (Lipinski definition) is 2. The second kappa shape index (κ2) is 11.2. The van der Waals surface area contributed by atoms with E-state index < -0.39 is 0 Å². The Morgan fingerprint density at radius 1 is 1.22 bits per heavy atom. The van der Waals surface area contributed by atoms with Gasteiger partial charge in [-0.2, -0.15) is 0 Å². The molecule has 0 heterocycles. The number of methoxy groups -OCH3 is 1. The standard InChI is InChI=1S/C22H37N3O2/c1-5-27-15-13-22(11-6-7-12-22)17-25-21(23-3)24-14-10-19-16-18(2)8-9-20(19)26-4/h8-9,16H,5-7,10-15,17H2,1-4H3,(H2,23,24,25). The number of nitrogens with zero attached hydrogens (tertiary/aromatic N) is 1. The first-order valence-corrected chi connectivity index (χ1v) is 10.3. The van der Waals surface area contributed by atoms with E-state index >= 15 is 0 Å². The Balaban J connectivity index is 1.82. The second-order valence-electron chi connectivity index (χ2n) is 7.57. The maximum Gasteiger partial charge on any atom is 0.191 e. The number of rotatable bonds is 10. The number of guanidine groups is 1. The predicted octanol–water partition coefficient (Wildman–Crippen LogP) is 3.70. The highest BCUT2D eigenvalue weighted by Crippen LogP contribution is 2.40. The number of ether oxygens (including phenoxy) is 2. The van der Waals surface area contributed by atoms with E-state index in [1.807, 2.05) is 13.1 Å². The minimum atomic E-state index is 0.354. The summed E-state index contributed by atoms with van der Waals surface area (Å²) in [6, 6.07) is 6.32. The van der Waals surface area contributed by atoms with Crippen LogP contribution in [0.3, 0.4) is 0 Å². The van der Waals surface area contributed by atoms with Crippen molar-refractivity contribution < 1.29 is 9.47 Å². The highest BCUT2D eigenvalue weighted by molar-refractivity contribution is 5.79. The second-order valence-corrected chi connectivity index (χ2v) is 7.57. The highest BCUT2D eigenvalue weighted by atomic mass is 16.5. The Hall–Kier alpha value is -1.75. The molecule has 5 heteroatoms. The minimum Gasteiger partial charge on any atom is -0.496 e. The van der Waals surface area contributed by atoms with Gasteiger partial charge >= 0.3 is 0 Å². The monoisotopic (exact) mass is 375 g/mol. The molecule has 0 unspecified atom stereocenters. The molecule has 0 amide bonds. The number of hydrogen-bond acceptors (Lipinski definition) is 3. The van der Waals surface area contributed by atoms with Gasteiger partial charge in [0.1, 0.15) is 5.75 Å². The van der Waals surface area contributed by atoms with E-state index in [1.165, 1.54) is 36.8 Å². The van der Waals surface area contributed by atoms with Crippen LogP contribution in [0.2, 0.25) is 0 Å². The van der Waals surface area contributed by atoms with Crippen molar-refractivity contribution in [1.82, 2.24) is 10.6 Å². The predicted molar refractivity (Wildman–Crippen MR) is 113 cm³/mol. The third kappa shape index (κ3) is 6.73. The van der Waals surface area contributed by atoms with Crippen molar-refractivity contribution in [2.75, 3.05) is 40.5 Å². The van der Waals surface area contributed by atoms with Crippen LogP contribution in [-0.2, 0) is 11.2 Å². The van der Waals surface area contributed by atoms with Gasteiger partial charge in [0.25, 0.3) is 0 Å². The van der Waals surface area contributed by atoms with Crippen LogP contribution in [0, 0.1) is 12.3 Å². The van der Waals surface area contributed by atoms with Gasteiger partial charge in [0, 0.05) is 33.4 Å². The molecule has 1 aliphatic carbocycles. The summed E-state index contributed by atoms with van der Waals surface area (Å²) in [5, 5.41) is 7.01. The van der Waals surface area contributed by atoms with Gasteiger partial charge < -0.3 is 20.1 Å². The highest BCUT2D eigenvalue weighted by Gasteiger charge is 2.33. The maximum atomic E-state index is 5.61. The number of benzene rings is 1. The van der Waals surface area contributed by atoms with Crippen molar-refractivity contribution in [3.8, 4) is 5.75 Å². The number of nitrogens with one attached hydrogen (secondary N) is 2. The van der Waals surface area contributed by atoms with Crippen molar-refractivity contribution in [2.24, 2.45) is 10.4 Å². The van der Waals surface area contributed by atoms with Crippen LogP contribution < -0.4 is 15.4 Å². The molecule has 0 saturated heterocycles. The molecule has 1 aromatic rings. The SMILES string of the molecule is CCOCCC1(CNC(=NC)NCCc2cc(C)ccc2OC)CCCC1. The van der Waals surface area contributed by atoms with Crippen molar-refractivity contribution in [3.63, 3.8) is 0 Å². The van der Waals surface area contributed by atoms with Gasteiger partial charge in [-0.05, 0) is 56.6 Å². The van der Waals surface area contributed by atoms with Crippen LogP contribution in [0.1, 0.15) is 50.2 Å². The molecular weight excluding hydrogens is 338 g/mol. The molecule has 1 aromatic carbocycles. The van der Waals surface area contributed by atoms with Gasteiger partial charge in [0.15, 0.2) is 5.96 Å². The summed E-state index contributed by atoms with van der Waals surface area (Å²) in [5.41, 5.74) is 2.84. The van der Waals surface area contributed by atoms with E-state index in [4.69, 9.17) is 9.47 Å². The maximum absolute atomic E-state index is 5.61. The zero-order valence-corrected chi connectivity index (χ0v) is 17.6. The van der Waals surface area contributed by atoms with E-state index in [0.29, 0.717) is 5.41 Å². The normalized spacial score (nSPS) is 16.4. The molecule has 27 heavy (non-hydrogen) atoms. The molecule has 1 saturated carbocycles. The summed E-state index contributed by atoms with van der Waals surface area (Å²) < 4.78 is 11.1. The number of aliphatic imine (C=N–C) groups is 1. The third-order valence-corrected chi connectivity index (χ3v) is 5.62. The van der Waals surface area contributed by atoms with Crippen LogP contribution in [-0.4, -0.2) is 46.4 Å². The lowest BCUT2D eigenvalue weighted by Gasteiger charge is -2.30. The van der Waals surface area contributed by atoms with Gasteiger partial charge in [-0.25, -0.2) is 0 Å². The smallest absolute Gasteiger partial charge is 0.191 e. The molecule has 0 bridgehead atoms. The lowest BCUT2D eigenvalue weighted by Crippen LogP contribution is -2.44. The van der Waals surface area contributed by atoms with Crippen molar-refractivity contribution in [3.05, 3.63) is 29.3 Å². The molecule has 0 spiro atoms. The van der Waals surface area contributed by atoms with Crippen LogP contribution in [0.5, 0.6) is 5.75 Å². The molecule has 0 radical (unpaired) electrons. The molecule has 2 rings (SSSR count).